The number of benzene rings is 1. The number of carbonyl (C=O) groups is 1. The number of carbonyl (C=O) groups excluding carboxylic acids is 1. The van der Waals surface area contributed by atoms with Crippen molar-refractivity contribution in [2.45, 2.75) is 38.0 Å². The van der Waals surface area contributed by atoms with E-state index in [1.165, 1.54) is 11.1 Å². The van der Waals surface area contributed by atoms with Gasteiger partial charge in [-0.1, -0.05) is 37.3 Å². The Morgan fingerprint density at radius 2 is 1.79 bits per heavy atom. The Hall–Kier alpha value is -3.42. The summed E-state index contributed by atoms with van der Waals surface area (Å²) in [5, 5.41) is 10.6. The third-order valence-corrected chi connectivity index (χ3v) is 7.02. The first kappa shape index (κ1) is 21.4. The van der Waals surface area contributed by atoms with Crippen LogP contribution in [0.15, 0.2) is 48.8 Å². The van der Waals surface area contributed by atoms with E-state index in [1.807, 2.05) is 23.0 Å². The number of hydrogen-bond acceptors (Lipinski definition) is 5. The topological polar surface area (TPSA) is 81.2 Å². The first-order chi connectivity index (χ1) is 16.0. The lowest BCUT2D eigenvalue weighted by atomic mass is 9.93. The van der Waals surface area contributed by atoms with Crippen LogP contribution in [0.1, 0.15) is 54.8 Å². The van der Waals surface area contributed by atoms with Crippen molar-refractivity contribution in [3.63, 3.8) is 0 Å². The number of aromatic amines is 1. The van der Waals surface area contributed by atoms with E-state index in [-0.39, 0.29) is 6.03 Å². The molecule has 1 N–H and O–H groups in total. The van der Waals surface area contributed by atoms with Gasteiger partial charge in [0.05, 0.1) is 11.9 Å². The molecule has 2 amide bonds. The highest BCUT2D eigenvalue weighted by atomic mass is 16.2. The monoisotopic (exact) mass is 445 g/mol. The molecule has 1 aromatic carbocycles. The summed E-state index contributed by atoms with van der Waals surface area (Å²) in [6.07, 6.45) is 4.66. The average Bonchev–Trinajstić information content (AvgIpc) is 3.50. The zero-order valence-corrected chi connectivity index (χ0v) is 19.5. The minimum atomic E-state index is 0.135. The summed E-state index contributed by atoms with van der Waals surface area (Å²) >= 11 is 0. The largest absolute Gasteiger partial charge is 0.329 e. The smallest absolute Gasteiger partial charge is 0.320 e. The van der Waals surface area contributed by atoms with Crippen LogP contribution in [0.25, 0.3) is 0 Å². The number of H-pyrrole nitrogens is 1. The number of rotatable bonds is 5. The second-order valence-electron chi connectivity index (χ2n) is 9.48. The molecule has 3 aromatic rings. The molecule has 0 radical (unpaired) electrons. The third kappa shape index (κ3) is 4.29. The standard InChI is InChI=1S/C25H31N7O/c1-17(2)18-4-7-22(8-5-18)30(3)24-9-6-19(12-26-24)21-15-32(16-21)25(33)31-11-10-20(14-31)23-13-27-29-28-23/h4-9,12-13,17,20-21H,10-11,14-16H2,1-3H3,(H,27,28,29)/t20-/m0/s1. The summed E-state index contributed by atoms with van der Waals surface area (Å²) in [7, 11) is 2.04. The number of hydrogen-bond donors (Lipinski definition) is 1. The molecule has 0 unspecified atom stereocenters. The van der Waals surface area contributed by atoms with Crippen molar-refractivity contribution in [1.82, 2.24) is 30.2 Å². The molecular formula is C25H31N7O. The second-order valence-corrected chi connectivity index (χ2v) is 9.48. The maximum Gasteiger partial charge on any atom is 0.320 e. The van der Waals surface area contributed by atoms with E-state index in [0.29, 0.717) is 17.8 Å². The normalized spacial score (nSPS) is 18.6. The predicted molar refractivity (Wildman–Crippen MR) is 128 cm³/mol. The second kappa shape index (κ2) is 8.84. The molecule has 0 bridgehead atoms. The van der Waals surface area contributed by atoms with Crippen LogP contribution in [0.2, 0.25) is 0 Å². The van der Waals surface area contributed by atoms with Gasteiger partial charge >= 0.3 is 6.03 Å². The van der Waals surface area contributed by atoms with E-state index < -0.39 is 0 Å². The Bertz CT molecular complexity index is 1070. The minimum absolute atomic E-state index is 0.135. The molecule has 0 spiro atoms. The van der Waals surface area contributed by atoms with Gasteiger partial charge in [0.2, 0.25) is 0 Å². The summed E-state index contributed by atoms with van der Waals surface area (Å²) in [6.45, 7) is 7.41. The fourth-order valence-corrected chi connectivity index (χ4v) is 4.69. The van der Waals surface area contributed by atoms with Crippen LogP contribution in [0.3, 0.4) is 0 Å². The lowest BCUT2D eigenvalue weighted by Gasteiger charge is -2.41. The molecule has 1 atom stereocenters. The Balaban J connectivity index is 1.15. The predicted octanol–water partition coefficient (Wildman–Crippen LogP) is 4.10. The van der Waals surface area contributed by atoms with Gasteiger partial charge < -0.3 is 14.7 Å². The van der Waals surface area contributed by atoms with Crippen LogP contribution in [0, 0.1) is 0 Å². The number of aromatic nitrogens is 4. The molecule has 2 saturated heterocycles. The van der Waals surface area contributed by atoms with Gasteiger partial charge in [-0.15, -0.1) is 5.10 Å². The minimum Gasteiger partial charge on any atom is -0.329 e. The first-order valence-electron chi connectivity index (χ1n) is 11.7. The number of nitrogens with zero attached hydrogens (tertiary/aromatic N) is 6. The Kier molecular flexibility index (Phi) is 5.74. The molecular weight excluding hydrogens is 414 g/mol. The molecule has 33 heavy (non-hydrogen) atoms. The van der Waals surface area contributed by atoms with E-state index in [0.717, 1.165) is 49.8 Å². The lowest BCUT2D eigenvalue weighted by molar-refractivity contribution is 0.121. The maximum atomic E-state index is 12.9. The first-order valence-corrected chi connectivity index (χ1v) is 11.7. The summed E-state index contributed by atoms with van der Waals surface area (Å²) in [5.74, 6) is 2.09. The Labute approximate surface area is 194 Å². The van der Waals surface area contributed by atoms with Gasteiger partial charge in [0.1, 0.15) is 5.82 Å². The van der Waals surface area contributed by atoms with Crippen molar-refractivity contribution < 1.29 is 4.79 Å². The zero-order valence-electron chi connectivity index (χ0n) is 19.5. The molecule has 2 aromatic heterocycles. The van der Waals surface area contributed by atoms with E-state index in [9.17, 15) is 4.79 Å². The summed E-state index contributed by atoms with van der Waals surface area (Å²) in [6, 6.07) is 13.0. The van der Waals surface area contributed by atoms with Crippen LogP contribution in [-0.4, -0.2) is 69.5 Å². The molecule has 0 saturated carbocycles. The molecule has 2 aliphatic heterocycles. The number of amides is 2. The highest BCUT2D eigenvalue weighted by Crippen LogP contribution is 2.32. The number of urea groups is 1. The molecule has 2 fully saturated rings. The SMILES string of the molecule is CC(C)c1ccc(N(C)c2ccc(C3CN(C(=O)N4CC[C@H](c5cnn[nH]5)C4)C3)cn2)cc1. The maximum absolute atomic E-state index is 12.9. The highest BCUT2D eigenvalue weighted by Gasteiger charge is 2.37. The van der Waals surface area contributed by atoms with Gasteiger partial charge in [0.25, 0.3) is 0 Å². The molecule has 0 aliphatic carbocycles. The molecule has 4 heterocycles. The lowest BCUT2D eigenvalue weighted by Crippen LogP contribution is -2.53. The van der Waals surface area contributed by atoms with Crippen molar-refractivity contribution in [3.05, 3.63) is 65.6 Å². The molecule has 8 nitrogen and oxygen atoms in total. The fraction of sp³-hybridized carbons (Fsp3) is 0.440. The van der Waals surface area contributed by atoms with Crippen LogP contribution in [0.5, 0.6) is 0 Å². The van der Waals surface area contributed by atoms with Crippen molar-refractivity contribution in [2.24, 2.45) is 0 Å². The van der Waals surface area contributed by atoms with Crippen molar-refractivity contribution >= 4 is 17.5 Å². The summed E-state index contributed by atoms with van der Waals surface area (Å²) < 4.78 is 0. The molecule has 8 heteroatoms. The van der Waals surface area contributed by atoms with E-state index >= 15 is 0 Å². The van der Waals surface area contributed by atoms with Gasteiger partial charge in [-0.05, 0) is 41.7 Å². The third-order valence-electron chi connectivity index (χ3n) is 7.02. The van der Waals surface area contributed by atoms with E-state index in [1.54, 1.807) is 6.20 Å². The highest BCUT2D eigenvalue weighted by molar-refractivity contribution is 5.76. The van der Waals surface area contributed by atoms with E-state index in [2.05, 4.69) is 70.6 Å². The number of nitrogens with one attached hydrogen (secondary N) is 1. The van der Waals surface area contributed by atoms with Gasteiger partial charge in [-0.25, -0.2) is 9.78 Å². The van der Waals surface area contributed by atoms with Gasteiger partial charge in [0, 0.05) is 56.9 Å². The van der Waals surface area contributed by atoms with Crippen molar-refractivity contribution in [1.29, 1.82) is 0 Å². The Morgan fingerprint density at radius 1 is 1.03 bits per heavy atom. The number of pyridine rings is 1. The van der Waals surface area contributed by atoms with Crippen molar-refractivity contribution in [3.8, 4) is 0 Å². The summed E-state index contributed by atoms with van der Waals surface area (Å²) in [5.41, 5.74) is 4.66. The van der Waals surface area contributed by atoms with Crippen LogP contribution in [-0.2, 0) is 0 Å². The van der Waals surface area contributed by atoms with Crippen LogP contribution >= 0.6 is 0 Å². The Morgan fingerprint density at radius 3 is 2.42 bits per heavy atom. The van der Waals surface area contributed by atoms with Gasteiger partial charge in [-0.3, -0.25) is 5.10 Å². The van der Waals surface area contributed by atoms with Gasteiger partial charge in [0.15, 0.2) is 0 Å². The number of likely N-dealkylation sites (tertiary alicyclic amines) is 2. The van der Waals surface area contributed by atoms with Crippen LogP contribution in [0.4, 0.5) is 16.3 Å². The van der Waals surface area contributed by atoms with Crippen LogP contribution < -0.4 is 4.90 Å². The molecule has 5 rings (SSSR count). The molecule has 172 valence electrons. The summed E-state index contributed by atoms with van der Waals surface area (Å²) in [4.78, 5) is 23.6. The van der Waals surface area contributed by atoms with Crippen molar-refractivity contribution in [2.75, 3.05) is 38.1 Å². The molecule has 2 aliphatic rings. The average molecular weight is 446 g/mol. The quantitative estimate of drug-likeness (QED) is 0.639. The fourth-order valence-electron chi connectivity index (χ4n) is 4.69. The zero-order chi connectivity index (χ0) is 22.9. The number of anilines is 2. The van der Waals surface area contributed by atoms with E-state index in [4.69, 9.17) is 4.98 Å². The van der Waals surface area contributed by atoms with Gasteiger partial charge in [-0.2, -0.15) is 0 Å².